The maximum atomic E-state index is 12.2. The Morgan fingerprint density at radius 3 is 2.39 bits per heavy atom. The van der Waals surface area contributed by atoms with Gasteiger partial charge in [-0.05, 0) is 66.6 Å². The molecule has 0 atom stereocenters. The summed E-state index contributed by atoms with van der Waals surface area (Å²) in [4.78, 5) is 23.0. The van der Waals surface area contributed by atoms with Gasteiger partial charge in [0.15, 0.2) is 0 Å². The predicted molar refractivity (Wildman–Crippen MR) is 87.9 cm³/mol. The molecule has 0 unspecified atom stereocenters. The molecule has 23 heavy (non-hydrogen) atoms. The first-order valence-corrected chi connectivity index (χ1v) is 7.86. The molecular formula is C19H19NO3. The fraction of sp³-hybridized carbons (Fsp3) is 0.263. The van der Waals surface area contributed by atoms with Gasteiger partial charge >= 0.3 is 5.97 Å². The van der Waals surface area contributed by atoms with Crippen LogP contribution < -0.4 is 5.32 Å². The second kappa shape index (κ2) is 6.65. The quantitative estimate of drug-likeness (QED) is 0.892. The van der Waals surface area contributed by atoms with E-state index in [1.165, 1.54) is 17.5 Å². The first-order chi connectivity index (χ1) is 11.1. The van der Waals surface area contributed by atoms with E-state index in [1.807, 2.05) is 12.1 Å². The number of nitrogens with one attached hydrogen (secondary N) is 1. The summed E-state index contributed by atoms with van der Waals surface area (Å²) in [6.45, 7) is 0.530. The van der Waals surface area contributed by atoms with Crippen LogP contribution in [0.15, 0.2) is 42.5 Å². The van der Waals surface area contributed by atoms with Crippen molar-refractivity contribution in [2.75, 3.05) is 6.54 Å². The second-order valence-corrected chi connectivity index (χ2v) is 5.85. The van der Waals surface area contributed by atoms with E-state index in [1.54, 1.807) is 24.3 Å². The molecule has 0 aliphatic heterocycles. The summed E-state index contributed by atoms with van der Waals surface area (Å²) in [5, 5.41) is 11.8. The van der Waals surface area contributed by atoms with Crippen molar-refractivity contribution in [3.8, 4) is 0 Å². The van der Waals surface area contributed by atoms with Crippen LogP contribution in [0.1, 0.15) is 43.8 Å². The van der Waals surface area contributed by atoms with Crippen molar-refractivity contribution in [1.82, 2.24) is 5.32 Å². The van der Waals surface area contributed by atoms with Gasteiger partial charge in [0.2, 0.25) is 0 Å². The number of fused-ring (bicyclic) bond motifs is 1. The van der Waals surface area contributed by atoms with E-state index in [2.05, 4.69) is 11.4 Å². The number of aromatic carboxylic acids is 1. The molecule has 2 aromatic rings. The average molecular weight is 309 g/mol. The zero-order chi connectivity index (χ0) is 16.2. The molecule has 0 heterocycles. The number of carbonyl (C=O) groups is 2. The van der Waals surface area contributed by atoms with Crippen molar-refractivity contribution in [2.45, 2.75) is 25.7 Å². The molecule has 3 rings (SSSR count). The van der Waals surface area contributed by atoms with Crippen LogP contribution in [0, 0.1) is 0 Å². The summed E-state index contributed by atoms with van der Waals surface area (Å²) >= 11 is 0. The molecule has 0 radical (unpaired) electrons. The van der Waals surface area contributed by atoms with Crippen LogP contribution in [0.5, 0.6) is 0 Å². The SMILES string of the molecule is O=C(O)c1ccc(CCNC(=O)c2ccc3c(c2)CCC3)cc1. The fourth-order valence-electron chi connectivity index (χ4n) is 2.95. The fourth-order valence-corrected chi connectivity index (χ4v) is 2.95. The van der Waals surface area contributed by atoms with Gasteiger partial charge in [-0.2, -0.15) is 0 Å². The first kappa shape index (κ1) is 15.3. The van der Waals surface area contributed by atoms with Gasteiger partial charge in [0.25, 0.3) is 5.91 Å². The molecule has 0 spiro atoms. The maximum absolute atomic E-state index is 12.2. The number of carboxylic acids is 1. The van der Waals surface area contributed by atoms with Gasteiger partial charge in [0, 0.05) is 12.1 Å². The summed E-state index contributed by atoms with van der Waals surface area (Å²) in [6, 6.07) is 12.7. The molecular weight excluding hydrogens is 290 g/mol. The third-order valence-corrected chi connectivity index (χ3v) is 4.26. The van der Waals surface area contributed by atoms with Crippen LogP contribution in [-0.4, -0.2) is 23.5 Å². The minimum Gasteiger partial charge on any atom is -0.478 e. The van der Waals surface area contributed by atoms with Gasteiger partial charge in [0.1, 0.15) is 0 Å². The Labute approximate surface area is 135 Å². The molecule has 2 N–H and O–H groups in total. The molecule has 1 aliphatic carbocycles. The Morgan fingerprint density at radius 2 is 1.65 bits per heavy atom. The number of hydrogen-bond donors (Lipinski definition) is 2. The third-order valence-electron chi connectivity index (χ3n) is 4.26. The molecule has 2 aromatic carbocycles. The minimum absolute atomic E-state index is 0.0538. The van der Waals surface area contributed by atoms with E-state index in [4.69, 9.17) is 5.11 Å². The van der Waals surface area contributed by atoms with Crippen LogP contribution >= 0.6 is 0 Å². The van der Waals surface area contributed by atoms with E-state index in [-0.39, 0.29) is 11.5 Å². The van der Waals surface area contributed by atoms with Crippen LogP contribution in [0.25, 0.3) is 0 Å². The lowest BCUT2D eigenvalue weighted by molar-refractivity contribution is 0.0696. The van der Waals surface area contributed by atoms with Gasteiger partial charge in [-0.15, -0.1) is 0 Å². The van der Waals surface area contributed by atoms with E-state index < -0.39 is 5.97 Å². The normalized spacial score (nSPS) is 12.7. The van der Waals surface area contributed by atoms with E-state index in [0.29, 0.717) is 18.5 Å². The number of rotatable bonds is 5. The Balaban J connectivity index is 1.54. The van der Waals surface area contributed by atoms with Crippen LogP contribution in [-0.2, 0) is 19.3 Å². The van der Waals surface area contributed by atoms with Crippen molar-refractivity contribution >= 4 is 11.9 Å². The highest BCUT2D eigenvalue weighted by Crippen LogP contribution is 2.22. The van der Waals surface area contributed by atoms with E-state index >= 15 is 0 Å². The van der Waals surface area contributed by atoms with Gasteiger partial charge in [0.05, 0.1) is 5.56 Å². The highest BCUT2D eigenvalue weighted by Gasteiger charge is 2.13. The van der Waals surface area contributed by atoms with E-state index in [9.17, 15) is 9.59 Å². The molecule has 118 valence electrons. The van der Waals surface area contributed by atoms with Crippen molar-refractivity contribution in [2.24, 2.45) is 0 Å². The van der Waals surface area contributed by atoms with Crippen molar-refractivity contribution < 1.29 is 14.7 Å². The highest BCUT2D eigenvalue weighted by atomic mass is 16.4. The van der Waals surface area contributed by atoms with Gasteiger partial charge in [-0.25, -0.2) is 4.79 Å². The number of hydrogen-bond acceptors (Lipinski definition) is 2. The zero-order valence-electron chi connectivity index (χ0n) is 12.8. The summed E-state index contributed by atoms with van der Waals surface area (Å²) in [6.07, 6.45) is 4.03. The Hall–Kier alpha value is -2.62. The monoisotopic (exact) mass is 309 g/mol. The summed E-state index contributed by atoms with van der Waals surface area (Å²) in [7, 11) is 0. The van der Waals surface area contributed by atoms with Crippen LogP contribution in [0.4, 0.5) is 0 Å². The number of aryl methyl sites for hydroxylation is 2. The lowest BCUT2D eigenvalue weighted by atomic mass is 10.1. The van der Waals surface area contributed by atoms with Gasteiger partial charge in [-0.1, -0.05) is 18.2 Å². The Kier molecular flexibility index (Phi) is 4.42. The zero-order valence-corrected chi connectivity index (χ0v) is 12.8. The third kappa shape index (κ3) is 3.59. The summed E-state index contributed by atoms with van der Waals surface area (Å²) < 4.78 is 0. The van der Waals surface area contributed by atoms with Gasteiger partial charge in [-0.3, -0.25) is 4.79 Å². The number of carboxylic acid groups (broad SMARTS) is 1. The molecule has 0 saturated heterocycles. The smallest absolute Gasteiger partial charge is 0.335 e. The standard InChI is InChI=1S/C19H19NO3/c21-18(17-9-8-14-2-1-3-16(14)12-17)20-11-10-13-4-6-15(7-5-13)19(22)23/h4-9,12H,1-3,10-11H2,(H,20,21)(H,22,23). The lowest BCUT2D eigenvalue weighted by Crippen LogP contribution is -2.25. The molecule has 4 nitrogen and oxygen atoms in total. The largest absolute Gasteiger partial charge is 0.478 e. The molecule has 1 aliphatic rings. The van der Waals surface area contributed by atoms with Crippen molar-refractivity contribution in [3.63, 3.8) is 0 Å². The Bertz CT molecular complexity index is 735. The summed E-state index contributed by atoms with van der Waals surface area (Å²) in [5.41, 5.74) is 4.65. The van der Waals surface area contributed by atoms with Crippen LogP contribution in [0.3, 0.4) is 0 Å². The molecule has 4 heteroatoms. The molecule has 1 amide bonds. The molecule has 0 aromatic heterocycles. The lowest BCUT2D eigenvalue weighted by Gasteiger charge is -2.07. The number of benzene rings is 2. The summed E-state index contributed by atoms with van der Waals surface area (Å²) in [5.74, 6) is -0.983. The number of amides is 1. The molecule has 0 saturated carbocycles. The number of carbonyl (C=O) groups excluding carboxylic acids is 1. The minimum atomic E-state index is -0.929. The maximum Gasteiger partial charge on any atom is 0.335 e. The average Bonchev–Trinajstić information content (AvgIpc) is 3.02. The van der Waals surface area contributed by atoms with Gasteiger partial charge < -0.3 is 10.4 Å². The second-order valence-electron chi connectivity index (χ2n) is 5.85. The van der Waals surface area contributed by atoms with Crippen molar-refractivity contribution in [3.05, 3.63) is 70.3 Å². The topological polar surface area (TPSA) is 66.4 Å². The molecule has 0 fully saturated rings. The predicted octanol–water partition coefficient (Wildman–Crippen LogP) is 2.85. The Morgan fingerprint density at radius 1 is 0.957 bits per heavy atom. The van der Waals surface area contributed by atoms with Crippen LogP contribution in [0.2, 0.25) is 0 Å². The first-order valence-electron chi connectivity index (χ1n) is 7.86. The highest BCUT2D eigenvalue weighted by molar-refractivity contribution is 5.94. The van der Waals surface area contributed by atoms with Crippen molar-refractivity contribution in [1.29, 1.82) is 0 Å². The van der Waals surface area contributed by atoms with E-state index in [0.717, 1.165) is 18.4 Å². The molecule has 0 bridgehead atoms.